The fourth-order valence-corrected chi connectivity index (χ4v) is 1.51. The standard InChI is InChI=1S/C12H13ClFNO4/c1-12(2,3)19-11(18)15-8-5-6(13)4-7(14)9(8)10(16)17/h4-5H,1-3H3,(H,15,18)(H,16,17). The van der Waals surface area contributed by atoms with Gasteiger partial charge in [-0.2, -0.15) is 0 Å². The van der Waals surface area contributed by atoms with Crippen molar-refractivity contribution in [1.29, 1.82) is 0 Å². The number of rotatable bonds is 2. The maximum absolute atomic E-state index is 13.5. The smallest absolute Gasteiger partial charge is 0.412 e. The Morgan fingerprint density at radius 1 is 1.37 bits per heavy atom. The van der Waals surface area contributed by atoms with Crippen LogP contribution in [0.1, 0.15) is 31.1 Å². The van der Waals surface area contributed by atoms with E-state index in [0.717, 1.165) is 12.1 Å². The van der Waals surface area contributed by atoms with Gasteiger partial charge < -0.3 is 9.84 Å². The summed E-state index contributed by atoms with van der Waals surface area (Å²) in [6.45, 7) is 4.93. The SMILES string of the molecule is CC(C)(C)OC(=O)Nc1cc(Cl)cc(F)c1C(=O)O. The molecule has 0 heterocycles. The van der Waals surface area contributed by atoms with Crippen LogP contribution in [0.25, 0.3) is 0 Å². The first-order chi connectivity index (χ1) is 8.60. The van der Waals surface area contributed by atoms with E-state index in [2.05, 4.69) is 5.32 Å². The van der Waals surface area contributed by atoms with Crippen LogP contribution in [0.5, 0.6) is 0 Å². The largest absolute Gasteiger partial charge is 0.478 e. The van der Waals surface area contributed by atoms with Crippen LogP contribution in [0.2, 0.25) is 5.02 Å². The lowest BCUT2D eigenvalue weighted by atomic mass is 10.1. The van der Waals surface area contributed by atoms with Gasteiger partial charge in [0.2, 0.25) is 0 Å². The van der Waals surface area contributed by atoms with Gasteiger partial charge in [-0.15, -0.1) is 0 Å². The van der Waals surface area contributed by atoms with Gasteiger partial charge in [-0.3, -0.25) is 5.32 Å². The van der Waals surface area contributed by atoms with Crippen molar-refractivity contribution in [1.82, 2.24) is 0 Å². The monoisotopic (exact) mass is 289 g/mol. The van der Waals surface area contributed by atoms with Gasteiger partial charge in [-0.05, 0) is 32.9 Å². The second-order valence-electron chi connectivity index (χ2n) is 4.74. The average molecular weight is 290 g/mol. The summed E-state index contributed by atoms with van der Waals surface area (Å²) in [7, 11) is 0. The molecule has 0 aliphatic heterocycles. The number of carboxylic acid groups (broad SMARTS) is 1. The Morgan fingerprint density at radius 2 is 1.95 bits per heavy atom. The van der Waals surface area contributed by atoms with Gasteiger partial charge in [0.05, 0.1) is 5.69 Å². The molecule has 0 atom stereocenters. The second kappa shape index (κ2) is 5.44. The van der Waals surface area contributed by atoms with E-state index >= 15 is 0 Å². The van der Waals surface area contributed by atoms with Gasteiger partial charge in [0.25, 0.3) is 0 Å². The summed E-state index contributed by atoms with van der Waals surface area (Å²) in [5, 5.41) is 11.0. The first kappa shape index (κ1) is 15.2. The van der Waals surface area contributed by atoms with Crippen LogP contribution in [-0.4, -0.2) is 22.8 Å². The zero-order valence-electron chi connectivity index (χ0n) is 10.6. The lowest BCUT2D eigenvalue weighted by molar-refractivity contribution is 0.0636. The van der Waals surface area contributed by atoms with Crippen molar-refractivity contribution in [2.45, 2.75) is 26.4 Å². The molecule has 0 saturated carbocycles. The van der Waals surface area contributed by atoms with Crippen molar-refractivity contribution in [2.24, 2.45) is 0 Å². The van der Waals surface area contributed by atoms with Gasteiger partial charge in [0.1, 0.15) is 17.0 Å². The molecule has 0 bridgehead atoms. The lowest BCUT2D eigenvalue weighted by Gasteiger charge is -2.20. The molecule has 0 aromatic heterocycles. The van der Waals surface area contributed by atoms with Crippen LogP contribution in [-0.2, 0) is 4.74 Å². The summed E-state index contributed by atoms with van der Waals surface area (Å²) in [4.78, 5) is 22.5. The molecule has 5 nitrogen and oxygen atoms in total. The quantitative estimate of drug-likeness (QED) is 0.873. The second-order valence-corrected chi connectivity index (χ2v) is 5.18. The zero-order chi connectivity index (χ0) is 14.8. The molecule has 1 rings (SSSR count). The zero-order valence-corrected chi connectivity index (χ0v) is 11.3. The highest BCUT2D eigenvalue weighted by Crippen LogP contribution is 2.25. The highest BCUT2D eigenvalue weighted by Gasteiger charge is 2.21. The van der Waals surface area contributed by atoms with Crippen LogP contribution in [0.15, 0.2) is 12.1 Å². The Bertz CT molecular complexity index is 525. The normalized spacial score (nSPS) is 11.0. The molecule has 7 heteroatoms. The third-order valence-electron chi connectivity index (χ3n) is 1.90. The van der Waals surface area contributed by atoms with Crippen LogP contribution in [0, 0.1) is 5.82 Å². The highest BCUT2D eigenvalue weighted by molar-refractivity contribution is 6.31. The fourth-order valence-electron chi connectivity index (χ4n) is 1.30. The molecule has 0 unspecified atom stereocenters. The molecule has 0 saturated heterocycles. The van der Waals surface area contributed by atoms with Gasteiger partial charge in [0.15, 0.2) is 0 Å². The number of carbonyl (C=O) groups is 2. The van der Waals surface area contributed by atoms with Gasteiger partial charge in [0, 0.05) is 5.02 Å². The summed E-state index contributed by atoms with van der Waals surface area (Å²) >= 11 is 5.62. The number of hydrogen-bond donors (Lipinski definition) is 2. The molecule has 2 N–H and O–H groups in total. The Kier molecular flexibility index (Phi) is 4.36. The summed E-state index contributed by atoms with van der Waals surface area (Å²) in [6, 6.07) is 1.99. The average Bonchev–Trinajstić information content (AvgIpc) is 2.10. The minimum absolute atomic E-state index is 0.0337. The van der Waals surface area contributed by atoms with Crippen LogP contribution >= 0.6 is 11.6 Å². The highest BCUT2D eigenvalue weighted by atomic mass is 35.5. The van der Waals surface area contributed by atoms with Crippen molar-refractivity contribution in [3.05, 3.63) is 28.5 Å². The molecule has 1 amide bonds. The van der Waals surface area contributed by atoms with E-state index in [9.17, 15) is 14.0 Å². The Morgan fingerprint density at radius 3 is 2.42 bits per heavy atom. The molecule has 0 aliphatic carbocycles. The number of benzene rings is 1. The Hall–Kier alpha value is -1.82. The number of hydrogen-bond acceptors (Lipinski definition) is 3. The van der Waals surface area contributed by atoms with E-state index in [1.54, 1.807) is 20.8 Å². The topological polar surface area (TPSA) is 75.6 Å². The predicted molar refractivity (Wildman–Crippen MR) is 68.2 cm³/mol. The van der Waals surface area contributed by atoms with Gasteiger partial charge in [-0.25, -0.2) is 14.0 Å². The molecule has 19 heavy (non-hydrogen) atoms. The van der Waals surface area contributed by atoms with Crippen LogP contribution < -0.4 is 5.32 Å². The van der Waals surface area contributed by atoms with E-state index in [-0.39, 0.29) is 10.7 Å². The Labute approximate surface area is 114 Å². The van der Waals surface area contributed by atoms with Crippen molar-refractivity contribution in [3.63, 3.8) is 0 Å². The van der Waals surface area contributed by atoms with Gasteiger partial charge >= 0.3 is 12.1 Å². The molecule has 1 aromatic carbocycles. The summed E-state index contributed by atoms with van der Waals surface area (Å²) in [5.41, 5.74) is -1.69. The van der Waals surface area contributed by atoms with E-state index in [1.807, 2.05) is 0 Å². The summed E-state index contributed by atoms with van der Waals surface area (Å²) in [5.74, 6) is -2.55. The molecule has 1 aromatic rings. The molecule has 104 valence electrons. The number of halogens is 2. The summed E-state index contributed by atoms with van der Waals surface area (Å²) in [6.07, 6.45) is -0.892. The number of amides is 1. The first-order valence-corrected chi connectivity index (χ1v) is 5.70. The van der Waals surface area contributed by atoms with Crippen LogP contribution in [0.4, 0.5) is 14.9 Å². The Balaban J connectivity index is 3.07. The molecule has 0 radical (unpaired) electrons. The fraction of sp³-hybridized carbons (Fsp3) is 0.333. The maximum Gasteiger partial charge on any atom is 0.412 e. The summed E-state index contributed by atoms with van der Waals surface area (Å²) < 4.78 is 18.4. The lowest BCUT2D eigenvalue weighted by Crippen LogP contribution is -2.28. The van der Waals surface area contributed by atoms with E-state index in [0.29, 0.717) is 0 Å². The molecule has 0 fully saturated rings. The number of carboxylic acids is 1. The third-order valence-corrected chi connectivity index (χ3v) is 2.12. The minimum atomic E-state index is -1.51. The minimum Gasteiger partial charge on any atom is -0.478 e. The molecule has 0 aliphatic rings. The molecular weight excluding hydrogens is 277 g/mol. The van der Waals surface area contributed by atoms with Gasteiger partial charge in [-0.1, -0.05) is 11.6 Å². The third kappa shape index (κ3) is 4.40. The predicted octanol–water partition coefficient (Wildman–Crippen LogP) is 3.52. The number of anilines is 1. The van der Waals surface area contributed by atoms with Crippen LogP contribution in [0.3, 0.4) is 0 Å². The van der Waals surface area contributed by atoms with Crippen molar-refractivity contribution >= 4 is 29.4 Å². The van der Waals surface area contributed by atoms with Crippen molar-refractivity contribution < 1.29 is 23.8 Å². The van der Waals surface area contributed by atoms with Crippen molar-refractivity contribution in [3.8, 4) is 0 Å². The number of ether oxygens (including phenoxy) is 1. The molecular formula is C12H13ClFNO4. The maximum atomic E-state index is 13.5. The number of nitrogens with one attached hydrogen (secondary N) is 1. The first-order valence-electron chi connectivity index (χ1n) is 5.32. The molecule has 0 spiro atoms. The van der Waals surface area contributed by atoms with E-state index in [1.165, 1.54) is 0 Å². The van der Waals surface area contributed by atoms with E-state index < -0.39 is 29.0 Å². The number of carbonyl (C=O) groups excluding carboxylic acids is 1. The van der Waals surface area contributed by atoms with Crippen molar-refractivity contribution in [2.75, 3.05) is 5.32 Å². The van der Waals surface area contributed by atoms with E-state index in [4.69, 9.17) is 21.4 Å². The number of aromatic carboxylic acids is 1.